The van der Waals surface area contributed by atoms with E-state index in [-0.39, 0.29) is 6.42 Å². The first-order valence-corrected chi connectivity index (χ1v) is 4.63. The molecule has 0 saturated carbocycles. The van der Waals surface area contributed by atoms with E-state index in [2.05, 4.69) is 6.58 Å². The van der Waals surface area contributed by atoms with E-state index in [0.29, 0.717) is 0 Å². The summed E-state index contributed by atoms with van der Waals surface area (Å²) in [6.45, 7) is 4.11. The highest BCUT2D eigenvalue weighted by atomic mass is 19.4. The van der Waals surface area contributed by atoms with Gasteiger partial charge in [-0.1, -0.05) is 25.7 Å². The predicted molar refractivity (Wildman–Crippen MR) is 50.6 cm³/mol. The van der Waals surface area contributed by atoms with Crippen LogP contribution in [0.4, 0.5) is 26.3 Å². The van der Waals surface area contributed by atoms with Crippen LogP contribution in [0.1, 0.15) is 19.8 Å². The fourth-order valence-corrected chi connectivity index (χ4v) is 1.14. The van der Waals surface area contributed by atoms with E-state index < -0.39 is 35.8 Å². The maximum atomic E-state index is 12.3. The van der Waals surface area contributed by atoms with Crippen molar-refractivity contribution >= 4 is 7.85 Å². The topological polar surface area (TPSA) is 20.2 Å². The summed E-state index contributed by atoms with van der Waals surface area (Å²) in [5.41, 5.74) is -6.23. The van der Waals surface area contributed by atoms with Crippen molar-refractivity contribution < 1.29 is 31.4 Å². The van der Waals surface area contributed by atoms with Gasteiger partial charge in [-0.2, -0.15) is 26.3 Å². The maximum absolute atomic E-state index is 12.3. The van der Waals surface area contributed by atoms with Gasteiger partial charge in [-0.25, -0.2) is 0 Å². The molecule has 0 saturated heterocycles. The van der Waals surface area contributed by atoms with Crippen molar-refractivity contribution in [2.75, 3.05) is 0 Å². The van der Waals surface area contributed by atoms with Gasteiger partial charge < -0.3 is 5.11 Å². The van der Waals surface area contributed by atoms with Crippen LogP contribution in [0.25, 0.3) is 0 Å². The fraction of sp³-hybridized carbons (Fsp3) is 0.778. The number of hydrogen-bond acceptors (Lipinski definition) is 1. The molecule has 0 rings (SSSR count). The average molecular weight is 260 g/mol. The predicted octanol–water partition coefficient (Wildman–Crippen LogP) is 3.16. The Bertz CT molecular complexity index is 266. The lowest BCUT2D eigenvalue weighted by Gasteiger charge is -2.34. The zero-order valence-corrected chi connectivity index (χ0v) is 8.99. The number of halogens is 6. The molecule has 0 bridgehead atoms. The molecular formula is C9H11BF6O. The summed E-state index contributed by atoms with van der Waals surface area (Å²) < 4.78 is 73.9. The van der Waals surface area contributed by atoms with Gasteiger partial charge in [0.15, 0.2) is 0 Å². The molecular weight excluding hydrogens is 249 g/mol. The highest BCUT2D eigenvalue weighted by Crippen LogP contribution is 2.48. The Labute approximate surface area is 95.9 Å². The Morgan fingerprint density at radius 2 is 1.53 bits per heavy atom. The lowest BCUT2D eigenvalue weighted by Crippen LogP contribution is -2.57. The molecule has 0 fully saturated rings. The molecule has 1 atom stereocenters. The molecule has 17 heavy (non-hydrogen) atoms. The van der Waals surface area contributed by atoms with E-state index in [1.165, 1.54) is 6.92 Å². The third kappa shape index (κ3) is 3.40. The summed E-state index contributed by atoms with van der Waals surface area (Å²) >= 11 is 0. The molecule has 0 heterocycles. The van der Waals surface area contributed by atoms with Crippen LogP contribution in [0.3, 0.4) is 0 Å². The van der Waals surface area contributed by atoms with Gasteiger partial charge in [0.1, 0.15) is 0 Å². The minimum absolute atomic E-state index is 0.132. The quantitative estimate of drug-likeness (QED) is 0.467. The molecule has 0 aliphatic heterocycles. The van der Waals surface area contributed by atoms with Gasteiger partial charge in [-0.3, -0.25) is 0 Å². The lowest BCUT2D eigenvalue weighted by atomic mass is 9.81. The summed E-state index contributed by atoms with van der Waals surface area (Å²) in [5, 5.41) is 8.88. The number of hydrogen-bond donors (Lipinski definition) is 1. The molecule has 0 spiro atoms. The summed E-state index contributed by atoms with van der Waals surface area (Å²) in [5.74, 6) is -0.586. The first kappa shape index (κ1) is 16.3. The second-order valence-electron chi connectivity index (χ2n) is 3.83. The number of alkyl halides is 6. The maximum Gasteiger partial charge on any atom is 0.430 e. The van der Waals surface area contributed by atoms with Crippen LogP contribution in [-0.2, 0) is 0 Å². The second-order valence-corrected chi connectivity index (χ2v) is 3.83. The monoisotopic (exact) mass is 260 g/mol. The van der Waals surface area contributed by atoms with Crippen molar-refractivity contribution in [3.8, 4) is 0 Å². The van der Waals surface area contributed by atoms with Crippen LogP contribution in [0.15, 0.2) is 12.2 Å². The van der Waals surface area contributed by atoms with Gasteiger partial charge in [0.05, 0.1) is 7.85 Å². The Morgan fingerprint density at radius 1 is 1.18 bits per heavy atom. The third-order valence-electron chi connectivity index (χ3n) is 2.23. The molecule has 0 aromatic rings. The van der Waals surface area contributed by atoms with Crippen molar-refractivity contribution in [2.45, 2.75) is 43.5 Å². The third-order valence-corrected chi connectivity index (χ3v) is 2.23. The Hall–Kier alpha value is -0.655. The second kappa shape index (κ2) is 4.92. The Kier molecular flexibility index (Phi) is 4.73. The molecule has 0 aliphatic rings. The summed E-state index contributed by atoms with van der Waals surface area (Å²) in [7, 11) is 5.22. The minimum Gasteiger partial charge on any atom is -0.370 e. The van der Waals surface area contributed by atoms with Crippen LogP contribution >= 0.6 is 0 Å². The smallest absolute Gasteiger partial charge is 0.370 e. The number of aliphatic hydroxyl groups is 1. The molecule has 0 aromatic carbocycles. The molecule has 0 aromatic heterocycles. The molecule has 98 valence electrons. The molecule has 2 radical (unpaired) electrons. The molecule has 1 unspecified atom stereocenters. The van der Waals surface area contributed by atoms with E-state index in [4.69, 9.17) is 13.0 Å². The van der Waals surface area contributed by atoms with Gasteiger partial charge in [0.2, 0.25) is 0 Å². The average Bonchev–Trinajstić information content (AvgIpc) is 2.08. The highest BCUT2D eigenvalue weighted by Gasteiger charge is 2.71. The van der Waals surface area contributed by atoms with Crippen LogP contribution in [0.2, 0.25) is 5.82 Å². The lowest BCUT2D eigenvalue weighted by molar-refractivity contribution is -0.352. The molecule has 1 N–H and O–H groups in total. The van der Waals surface area contributed by atoms with E-state index >= 15 is 0 Å². The van der Waals surface area contributed by atoms with Crippen molar-refractivity contribution in [2.24, 2.45) is 0 Å². The van der Waals surface area contributed by atoms with Gasteiger partial charge in [0.25, 0.3) is 5.60 Å². The van der Waals surface area contributed by atoms with E-state index in [9.17, 15) is 26.3 Å². The van der Waals surface area contributed by atoms with Crippen molar-refractivity contribution in [3.05, 3.63) is 12.2 Å². The highest BCUT2D eigenvalue weighted by molar-refractivity contribution is 6.11. The van der Waals surface area contributed by atoms with Gasteiger partial charge in [0, 0.05) is 0 Å². The molecule has 1 nitrogen and oxygen atoms in total. The zero-order valence-electron chi connectivity index (χ0n) is 8.99. The first-order valence-electron chi connectivity index (χ1n) is 4.63. The van der Waals surface area contributed by atoms with Gasteiger partial charge in [-0.15, -0.1) is 0 Å². The summed E-state index contributed by atoms with van der Waals surface area (Å²) in [6, 6.07) is 0. The van der Waals surface area contributed by atoms with Crippen LogP contribution in [0, 0.1) is 0 Å². The molecule has 0 amide bonds. The van der Waals surface area contributed by atoms with E-state index in [0.717, 1.165) is 0 Å². The van der Waals surface area contributed by atoms with E-state index in [1.54, 1.807) is 0 Å². The fourth-order valence-electron chi connectivity index (χ4n) is 1.14. The number of rotatable bonds is 4. The molecule has 8 heteroatoms. The normalized spacial score (nSPS) is 15.8. The van der Waals surface area contributed by atoms with Crippen LogP contribution in [0.5, 0.6) is 0 Å². The van der Waals surface area contributed by atoms with E-state index in [1.807, 2.05) is 0 Å². The SMILES string of the molecule is [B]C(C)CCC(=C)C(O)(C(F)(F)F)C(F)(F)F. The Balaban J connectivity index is 5.16. The standard InChI is InChI=1S/C9H11BF6O/c1-5(3-4-6(2)10)7(17,8(11,12)13)9(14,15)16/h6,17H,1,3-4H2,2H3. The van der Waals surface area contributed by atoms with Crippen LogP contribution in [-0.4, -0.2) is 30.9 Å². The van der Waals surface area contributed by atoms with Gasteiger partial charge in [-0.05, 0) is 12.0 Å². The minimum atomic E-state index is -5.86. The zero-order chi connectivity index (χ0) is 14.1. The molecule has 0 aliphatic carbocycles. The summed E-state index contributed by atoms with van der Waals surface area (Å²) in [4.78, 5) is 0. The summed E-state index contributed by atoms with van der Waals surface area (Å²) in [6.07, 6.45) is -12.5. The first-order chi connectivity index (χ1) is 7.34. The van der Waals surface area contributed by atoms with Crippen molar-refractivity contribution in [1.82, 2.24) is 0 Å². The largest absolute Gasteiger partial charge is 0.430 e. The Morgan fingerprint density at radius 3 is 1.76 bits per heavy atom. The van der Waals surface area contributed by atoms with Crippen molar-refractivity contribution in [1.29, 1.82) is 0 Å². The van der Waals surface area contributed by atoms with Crippen LogP contribution < -0.4 is 0 Å². The van der Waals surface area contributed by atoms with Crippen molar-refractivity contribution in [3.63, 3.8) is 0 Å². The van der Waals surface area contributed by atoms with Gasteiger partial charge >= 0.3 is 12.4 Å².